The quantitative estimate of drug-likeness (QED) is 0.699. The molecular weight excluding hydrogens is 256 g/mol. The van der Waals surface area contributed by atoms with Crippen LogP contribution in [0.3, 0.4) is 0 Å². The van der Waals surface area contributed by atoms with Crippen LogP contribution in [0.2, 0.25) is 0 Å². The van der Waals surface area contributed by atoms with Crippen LogP contribution in [-0.4, -0.2) is 27.2 Å². The summed E-state index contributed by atoms with van der Waals surface area (Å²) in [6.45, 7) is 2.88. The van der Waals surface area contributed by atoms with Crippen molar-refractivity contribution in [3.8, 4) is 0 Å². The van der Waals surface area contributed by atoms with E-state index in [9.17, 15) is 4.79 Å². The Morgan fingerprint density at radius 3 is 2.90 bits per heavy atom. The van der Waals surface area contributed by atoms with Gasteiger partial charge in [-0.15, -0.1) is 0 Å². The lowest BCUT2D eigenvalue weighted by Crippen LogP contribution is -2.24. The van der Waals surface area contributed by atoms with Crippen LogP contribution in [0, 0.1) is 0 Å². The third kappa shape index (κ3) is 3.25. The molecule has 0 radical (unpaired) electrons. The van der Waals surface area contributed by atoms with Crippen molar-refractivity contribution < 1.29 is 4.79 Å². The zero-order valence-corrected chi connectivity index (χ0v) is 11.6. The van der Waals surface area contributed by atoms with E-state index < -0.39 is 0 Å². The first-order valence-corrected chi connectivity index (χ1v) is 6.36. The van der Waals surface area contributed by atoms with Gasteiger partial charge in [0.1, 0.15) is 6.33 Å². The molecule has 0 spiro atoms. The topological polar surface area (TPSA) is 97.9 Å². The molecule has 1 aromatic carbocycles. The van der Waals surface area contributed by atoms with Gasteiger partial charge in [-0.1, -0.05) is 0 Å². The molecule has 106 valence electrons. The molecule has 0 unspecified atom stereocenters. The predicted octanol–water partition coefficient (Wildman–Crippen LogP) is 0.759. The van der Waals surface area contributed by atoms with Crippen LogP contribution >= 0.6 is 0 Å². The highest BCUT2D eigenvalue weighted by molar-refractivity contribution is 6.00. The summed E-state index contributed by atoms with van der Waals surface area (Å²) in [7, 11) is 1.80. The van der Waals surface area contributed by atoms with Crippen LogP contribution in [0.5, 0.6) is 0 Å². The summed E-state index contributed by atoms with van der Waals surface area (Å²) in [5.74, 6) is 0.515. The van der Waals surface area contributed by atoms with Crippen molar-refractivity contribution in [1.29, 1.82) is 0 Å². The van der Waals surface area contributed by atoms with Crippen LogP contribution < -0.4 is 16.4 Å². The number of aromatic nitrogens is 3. The Hall–Kier alpha value is -2.57. The second kappa shape index (κ2) is 6.05. The van der Waals surface area contributed by atoms with Crippen LogP contribution in [0.25, 0.3) is 0 Å². The maximum atomic E-state index is 12.0. The van der Waals surface area contributed by atoms with Gasteiger partial charge in [0.05, 0.1) is 12.1 Å². The zero-order valence-electron chi connectivity index (χ0n) is 11.6. The van der Waals surface area contributed by atoms with Gasteiger partial charge in [-0.05, 0) is 25.1 Å². The van der Waals surface area contributed by atoms with Crippen molar-refractivity contribution in [1.82, 2.24) is 20.1 Å². The lowest BCUT2D eigenvalue weighted by atomic mass is 10.1. The fourth-order valence-corrected chi connectivity index (χ4v) is 1.80. The molecule has 0 aliphatic carbocycles. The number of carbonyl (C=O) groups excluding carboxylic acids is 1. The molecule has 1 heterocycles. The summed E-state index contributed by atoms with van der Waals surface area (Å²) in [4.78, 5) is 16.1. The normalized spacial score (nSPS) is 10.3. The molecule has 1 aromatic heterocycles. The van der Waals surface area contributed by atoms with Crippen molar-refractivity contribution in [3.05, 3.63) is 35.9 Å². The van der Waals surface area contributed by atoms with E-state index >= 15 is 0 Å². The fourth-order valence-electron chi connectivity index (χ4n) is 1.80. The van der Waals surface area contributed by atoms with E-state index in [1.807, 2.05) is 6.92 Å². The van der Waals surface area contributed by atoms with Crippen LogP contribution in [0.15, 0.2) is 24.5 Å². The van der Waals surface area contributed by atoms with Gasteiger partial charge in [0.2, 0.25) is 0 Å². The Kier molecular flexibility index (Phi) is 4.19. The number of nitrogens with one attached hydrogen (secondary N) is 2. The Balaban J connectivity index is 2.16. The second-order valence-corrected chi connectivity index (χ2v) is 4.35. The number of nitrogens with two attached hydrogens (primary N) is 1. The fraction of sp³-hybridized carbons (Fsp3) is 0.308. The monoisotopic (exact) mass is 274 g/mol. The molecule has 2 aromatic rings. The summed E-state index contributed by atoms with van der Waals surface area (Å²) in [6, 6.07) is 5.14. The molecule has 4 N–H and O–H groups in total. The minimum absolute atomic E-state index is 0.135. The molecule has 0 bridgehead atoms. The van der Waals surface area contributed by atoms with E-state index in [1.165, 1.54) is 0 Å². The van der Waals surface area contributed by atoms with E-state index in [4.69, 9.17) is 5.73 Å². The number of aryl methyl sites for hydroxylation is 1. The third-order valence-corrected chi connectivity index (χ3v) is 2.71. The van der Waals surface area contributed by atoms with Gasteiger partial charge >= 0.3 is 0 Å². The Bertz CT molecular complexity index is 607. The molecule has 0 aliphatic rings. The van der Waals surface area contributed by atoms with E-state index in [0.29, 0.717) is 35.9 Å². The second-order valence-electron chi connectivity index (χ2n) is 4.35. The van der Waals surface area contributed by atoms with Crippen molar-refractivity contribution in [3.63, 3.8) is 0 Å². The van der Waals surface area contributed by atoms with Crippen LogP contribution in [0.4, 0.5) is 11.4 Å². The number of carbonyl (C=O) groups is 1. The first-order chi connectivity index (χ1) is 9.60. The SMILES string of the molecule is CCNC(=O)c1ccc(N)cc1NCc1ncn(C)n1. The number of hydrogen-bond acceptors (Lipinski definition) is 5. The minimum Gasteiger partial charge on any atom is -0.399 e. The number of nitrogens with zero attached hydrogens (tertiary/aromatic N) is 3. The largest absolute Gasteiger partial charge is 0.399 e. The van der Waals surface area contributed by atoms with E-state index in [1.54, 1.807) is 36.3 Å². The summed E-state index contributed by atoms with van der Waals surface area (Å²) in [5.41, 5.74) is 7.58. The van der Waals surface area contributed by atoms with Gasteiger partial charge in [0.15, 0.2) is 5.82 Å². The average Bonchev–Trinajstić information content (AvgIpc) is 2.82. The standard InChI is InChI=1S/C13H18N6O/c1-3-15-13(20)10-5-4-9(14)6-11(10)16-7-12-17-8-19(2)18-12/h4-6,8,16H,3,7,14H2,1-2H3,(H,15,20). The summed E-state index contributed by atoms with van der Waals surface area (Å²) >= 11 is 0. The first-order valence-electron chi connectivity index (χ1n) is 6.36. The third-order valence-electron chi connectivity index (χ3n) is 2.71. The molecule has 0 aliphatic heterocycles. The number of benzene rings is 1. The van der Waals surface area contributed by atoms with E-state index in [0.717, 1.165) is 0 Å². The van der Waals surface area contributed by atoms with Gasteiger partial charge in [-0.25, -0.2) is 4.98 Å². The van der Waals surface area contributed by atoms with Gasteiger partial charge < -0.3 is 16.4 Å². The lowest BCUT2D eigenvalue weighted by molar-refractivity contribution is 0.0956. The first kappa shape index (κ1) is 13.9. The summed E-state index contributed by atoms with van der Waals surface area (Å²) in [5, 5.41) is 10.1. The minimum atomic E-state index is -0.135. The molecule has 1 amide bonds. The van der Waals surface area contributed by atoms with Gasteiger partial charge in [-0.3, -0.25) is 9.48 Å². The molecular formula is C13H18N6O. The molecule has 7 nitrogen and oxygen atoms in total. The highest BCUT2D eigenvalue weighted by Gasteiger charge is 2.11. The summed E-state index contributed by atoms with van der Waals surface area (Å²) < 4.78 is 1.63. The number of rotatable bonds is 5. The molecule has 0 saturated carbocycles. The van der Waals surface area contributed by atoms with Crippen molar-refractivity contribution in [2.45, 2.75) is 13.5 Å². The van der Waals surface area contributed by atoms with Crippen LogP contribution in [-0.2, 0) is 13.6 Å². The number of amides is 1. The molecule has 0 atom stereocenters. The van der Waals surface area contributed by atoms with Gasteiger partial charge in [0, 0.05) is 25.0 Å². The highest BCUT2D eigenvalue weighted by atomic mass is 16.1. The molecule has 2 rings (SSSR count). The number of nitrogen functional groups attached to an aromatic ring is 1. The number of hydrogen-bond donors (Lipinski definition) is 3. The Morgan fingerprint density at radius 2 is 2.25 bits per heavy atom. The van der Waals surface area contributed by atoms with Gasteiger partial charge in [-0.2, -0.15) is 5.10 Å². The molecule has 7 heteroatoms. The van der Waals surface area contributed by atoms with Crippen molar-refractivity contribution >= 4 is 17.3 Å². The highest BCUT2D eigenvalue weighted by Crippen LogP contribution is 2.19. The zero-order chi connectivity index (χ0) is 14.5. The molecule has 0 fully saturated rings. The Morgan fingerprint density at radius 1 is 1.45 bits per heavy atom. The maximum Gasteiger partial charge on any atom is 0.253 e. The predicted molar refractivity (Wildman–Crippen MR) is 77.2 cm³/mol. The maximum absolute atomic E-state index is 12.0. The van der Waals surface area contributed by atoms with Crippen LogP contribution in [0.1, 0.15) is 23.1 Å². The summed E-state index contributed by atoms with van der Waals surface area (Å²) in [6.07, 6.45) is 1.63. The Labute approximate surface area is 117 Å². The van der Waals surface area contributed by atoms with Crippen molar-refractivity contribution in [2.24, 2.45) is 7.05 Å². The van der Waals surface area contributed by atoms with Gasteiger partial charge in [0.25, 0.3) is 5.91 Å². The van der Waals surface area contributed by atoms with Crippen molar-refractivity contribution in [2.75, 3.05) is 17.6 Å². The number of anilines is 2. The average molecular weight is 274 g/mol. The molecule has 20 heavy (non-hydrogen) atoms. The van der Waals surface area contributed by atoms with E-state index in [-0.39, 0.29) is 5.91 Å². The smallest absolute Gasteiger partial charge is 0.253 e. The molecule has 0 saturated heterocycles. The lowest BCUT2D eigenvalue weighted by Gasteiger charge is -2.11. The van der Waals surface area contributed by atoms with E-state index in [2.05, 4.69) is 20.7 Å².